The number of carboxylic acid groups (broad SMARTS) is 1. The Morgan fingerprint density at radius 3 is 2.38 bits per heavy atom. The molecule has 1 aromatic carbocycles. The van der Waals surface area contributed by atoms with Crippen LogP contribution in [0.25, 0.3) is 0 Å². The first-order chi connectivity index (χ1) is 11.5. The Kier molecular flexibility index (Phi) is 4.38. The van der Waals surface area contributed by atoms with Gasteiger partial charge in [-0.05, 0) is 37.3 Å². The Bertz CT molecular complexity index is 645. The minimum Gasteiger partial charge on any atom is -0.480 e. The van der Waals surface area contributed by atoms with Crippen LogP contribution in [-0.4, -0.2) is 36.7 Å². The molecule has 0 aliphatic carbocycles. The number of benzene rings is 1. The number of ether oxygens (including phenoxy) is 1. The van der Waals surface area contributed by atoms with E-state index in [4.69, 9.17) is 4.74 Å². The molecule has 24 heavy (non-hydrogen) atoms. The monoisotopic (exact) mass is 331 g/mol. The summed E-state index contributed by atoms with van der Waals surface area (Å²) in [5, 5.41) is 9.81. The Hall–Kier alpha value is -1.88. The van der Waals surface area contributed by atoms with Gasteiger partial charge in [0.25, 0.3) is 0 Å². The Morgan fingerprint density at radius 2 is 1.79 bits per heavy atom. The third-order valence-corrected chi connectivity index (χ3v) is 5.99. The Balaban J connectivity index is 2.03. The summed E-state index contributed by atoms with van der Waals surface area (Å²) in [5.41, 5.74) is 0.592. The highest BCUT2D eigenvalue weighted by molar-refractivity contribution is 6.10. The fourth-order valence-corrected chi connectivity index (χ4v) is 4.16. The number of para-hydroxylation sites is 1. The molecular weight excluding hydrogens is 306 g/mol. The molecule has 1 N–H and O–H groups in total. The highest BCUT2D eigenvalue weighted by Crippen LogP contribution is 2.47. The lowest BCUT2D eigenvalue weighted by atomic mass is 9.77. The smallest absolute Gasteiger partial charge is 0.319 e. The highest BCUT2D eigenvalue weighted by Gasteiger charge is 2.53. The maximum absolute atomic E-state index is 13.3. The second-order valence-electron chi connectivity index (χ2n) is 6.90. The summed E-state index contributed by atoms with van der Waals surface area (Å²) in [5.74, 6) is -1.31. The first-order valence-electron chi connectivity index (χ1n) is 8.73. The zero-order chi connectivity index (χ0) is 17.4. The molecule has 5 heteroatoms. The summed E-state index contributed by atoms with van der Waals surface area (Å²) in [6.07, 6.45) is 2.33. The molecule has 2 heterocycles. The molecule has 0 aromatic heterocycles. The van der Waals surface area contributed by atoms with E-state index < -0.39 is 11.4 Å². The third kappa shape index (κ3) is 2.34. The van der Waals surface area contributed by atoms with Crippen LogP contribution in [0.2, 0.25) is 0 Å². The average Bonchev–Trinajstić information content (AvgIpc) is 2.97. The predicted octanol–water partition coefficient (Wildman–Crippen LogP) is 2.97. The van der Waals surface area contributed by atoms with Gasteiger partial charge in [-0.1, -0.05) is 32.0 Å². The number of anilines is 1. The number of carbonyl (C=O) groups excluding carboxylic acids is 1. The van der Waals surface area contributed by atoms with E-state index in [1.54, 1.807) is 4.90 Å². The van der Waals surface area contributed by atoms with Crippen LogP contribution in [0.3, 0.4) is 0 Å². The Labute approximate surface area is 142 Å². The molecule has 1 saturated heterocycles. The van der Waals surface area contributed by atoms with Crippen molar-refractivity contribution in [1.82, 2.24) is 0 Å². The van der Waals surface area contributed by atoms with Gasteiger partial charge in [0.05, 0.1) is 0 Å². The number of fused-ring (bicyclic) bond motifs is 1. The standard InChI is InChI=1S/C19H25NO4/c1-3-18(4-2)13-20(15-8-6-5-7-14(15)18)16(21)19(17(22)23)9-11-24-12-10-19/h5-8H,3-4,9-13H2,1-2H3,(H,22,23). The molecule has 0 saturated carbocycles. The lowest BCUT2D eigenvalue weighted by Gasteiger charge is -2.36. The van der Waals surface area contributed by atoms with Crippen molar-refractivity contribution in [3.63, 3.8) is 0 Å². The molecule has 130 valence electrons. The van der Waals surface area contributed by atoms with E-state index in [-0.39, 0.29) is 24.2 Å². The van der Waals surface area contributed by atoms with Gasteiger partial charge in [0.1, 0.15) is 0 Å². The van der Waals surface area contributed by atoms with Crippen LogP contribution in [0, 0.1) is 5.41 Å². The van der Waals surface area contributed by atoms with Gasteiger partial charge in [0.15, 0.2) is 5.41 Å². The SMILES string of the molecule is CCC1(CC)CN(C(=O)C2(C(=O)O)CCOCC2)c2ccccc21. The van der Waals surface area contributed by atoms with E-state index in [9.17, 15) is 14.7 Å². The summed E-state index contributed by atoms with van der Waals surface area (Å²) in [7, 11) is 0. The zero-order valence-electron chi connectivity index (χ0n) is 14.4. The van der Waals surface area contributed by atoms with Crippen LogP contribution in [-0.2, 0) is 19.7 Å². The number of carboxylic acids is 1. The quantitative estimate of drug-likeness (QED) is 0.861. The molecule has 0 bridgehead atoms. The van der Waals surface area contributed by atoms with Crippen molar-refractivity contribution in [2.45, 2.75) is 44.9 Å². The molecule has 2 aliphatic heterocycles. The molecule has 1 aromatic rings. The van der Waals surface area contributed by atoms with Gasteiger partial charge in [-0.15, -0.1) is 0 Å². The van der Waals surface area contributed by atoms with Crippen molar-refractivity contribution < 1.29 is 19.4 Å². The van der Waals surface area contributed by atoms with E-state index in [1.807, 2.05) is 18.2 Å². The minimum atomic E-state index is -1.36. The van der Waals surface area contributed by atoms with Crippen LogP contribution < -0.4 is 4.90 Å². The molecular formula is C19H25NO4. The Morgan fingerprint density at radius 1 is 1.17 bits per heavy atom. The lowest BCUT2D eigenvalue weighted by molar-refractivity contribution is -0.161. The molecule has 1 amide bonds. The van der Waals surface area contributed by atoms with Crippen molar-refractivity contribution in [3.8, 4) is 0 Å². The molecule has 0 radical (unpaired) electrons. The molecule has 1 fully saturated rings. The van der Waals surface area contributed by atoms with Gasteiger partial charge in [-0.3, -0.25) is 9.59 Å². The van der Waals surface area contributed by atoms with Gasteiger partial charge in [-0.2, -0.15) is 0 Å². The first kappa shape index (κ1) is 17.0. The van der Waals surface area contributed by atoms with Crippen molar-refractivity contribution in [1.29, 1.82) is 0 Å². The number of hydrogen-bond donors (Lipinski definition) is 1. The van der Waals surface area contributed by atoms with Crippen molar-refractivity contribution >= 4 is 17.6 Å². The van der Waals surface area contributed by atoms with E-state index in [0.29, 0.717) is 19.8 Å². The number of hydrogen-bond acceptors (Lipinski definition) is 3. The molecule has 0 spiro atoms. The van der Waals surface area contributed by atoms with Crippen molar-refractivity contribution in [2.75, 3.05) is 24.7 Å². The van der Waals surface area contributed by atoms with Gasteiger partial charge in [0, 0.05) is 30.9 Å². The molecule has 3 rings (SSSR count). The van der Waals surface area contributed by atoms with E-state index in [2.05, 4.69) is 19.9 Å². The van der Waals surface area contributed by atoms with Crippen LogP contribution in [0.15, 0.2) is 24.3 Å². The van der Waals surface area contributed by atoms with E-state index >= 15 is 0 Å². The first-order valence-corrected chi connectivity index (χ1v) is 8.73. The topological polar surface area (TPSA) is 66.8 Å². The fourth-order valence-electron chi connectivity index (χ4n) is 4.16. The molecule has 5 nitrogen and oxygen atoms in total. The number of rotatable bonds is 4. The van der Waals surface area contributed by atoms with Crippen LogP contribution in [0.1, 0.15) is 45.1 Å². The normalized spacial score (nSPS) is 21.3. The molecule has 2 aliphatic rings. The maximum Gasteiger partial charge on any atom is 0.319 e. The van der Waals surface area contributed by atoms with Gasteiger partial charge < -0.3 is 14.7 Å². The van der Waals surface area contributed by atoms with E-state index in [1.165, 1.54) is 0 Å². The second-order valence-corrected chi connectivity index (χ2v) is 6.90. The fraction of sp³-hybridized carbons (Fsp3) is 0.579. The average molecular weight is 331 g/mol. The summed E-state index contributed by atoms with van der Waals surface area (Å²) < 4.78 is 5.31. The number of nitrogens with zero attached hydrogens (tertiary/aromatic N) is 1. The third-order valence-electron chi connectivity index (χ3n) is 5.99. The summed E-state index contributed by atoms with van der Waals surface area (Å²) >= 11 is 0. The lowest BCUT2D eigenvalue weighted by Crippen LogP contribution is -2.52. The van der Waals surface area contributed by atoms with Gasteiger partial charge in [-0.25, -0.2) is 0 Å². The number of carbonyl (C=O) groups is 2. The predicted molar refractivity (Wildman–Crippen MR) is 91.2 cm³/mol. The second kappa shape index (κ2) is 6.20. The summed E-state index contributed by atoms with van der Waals surface area (Å²) in [6, 6.07) is 7.93. The minimum absolute atomic E-state index is 0.0862. The van der Waals surface area contributed by atoms with Crippen LogP contribution >= 0.6 is 0 Å². The largest absolute Gasteiger partial charge is 0.480 e. The van der Waals surface area contributed by atoms with Crippen LogP contribution in [0.5, 0.6) is 0 Å². The maximum atomic E-state index is 13.3. The van der Waals surface area contributed by atoms with Crippen molar-refractivity contribution in [2.24, 2.45) is 5.41 Å². The highest BCUT2D eigenvalue weighted by atomic mass is 16.5. The van der Waals surface area contributed by atoms with Crippen LogP contribution in [0.4, 0.5) is 5.69 Å². The zero-order valence-corrected chi connectivity index (χ0v) is 14.4. The summed E-state index contributed by atoms with van der Waals surface area (Å²) in [6.45, 7) is 5.47. The number of amides is 1. The van der Waals surface area contributed by atoms with Gasteiger partial charge >= 0.3 is 5.97 Å². The molecule has 0 unspecified atom stereocenters. The van der Waals surface area contributed by atoms with Gasteiger partial charge in [0.2, 0.25) is 5.91 Å². The molecule has 0 atom stereocenters. The number of aliphatic carboxylic acids is 1. The van der Waals surface area contributed by atoms with Crippen molar-refractivity contribution in [3.05, 3.63) is 29.8 Å². The van der Waals surface area contributed by atoms with E-state index in [0.717, 1.165) is 24.1 Å². The summed E-state index contributed by atoms with van der Waals surface area (Å²) in [4.78, 5) is 27.0.